The van der Waals surface area contributed by atoms with Crippen molar-refractivity contribution in [2.75, 3.05) is 37.8 Å². The summed E-state index contributed by atoms with van der Waals surface area (Å²) in [5, 5.41) is 8.83. The average Bonchev–Trinajstić information content (AvgIpc) is 2.33. The maximum absolute atomic E-state index is 8.83. The summed E-state index contributed by atoms with van der Waals surface area (Å²) in [5.41, 5.74) is 8.64. The van der Waals surface area contributed by atoms with Gasteiger partial charge in [0.15, 0.2) is 0 Å². The van der Waals surface area contributed by atoms with Gasteiger partial charge in [0.05, 0.1) is 12.5 Å². The highest BCUT2D eigenvalue weighted by Gasteiger charge is 2.14. The largest absolute Gasteiger partial charge is 0.398 e. The predicted octanol–water partition coefficient (Wildman–Crippen LogP) is 2.11. The SMILES string of the molecule is CCN(c1ccc(N)c(CC#N)c1)C(C)CN(C)C. The third-order valence-corrected chi connectivity index (χ3v) is 3.23. The molecule has 1 aromatic rings. The Morgan fingerprint density at radius 1 is 1.37 bits per heavy atom. The van der Waals surface area contributed by atoms with Crippen molar-refractivity contribution in [2.45, 2.75) is 26.3 Å². The first-order chi connectivity index (χ1) is 8.99. The van der Waals surface area contributed by atoms with Crippen molar-refractivity contribution in [2.24, 2.45) is 0 Å². The maximum atomic E-state index is 8.83. The molecule has 1 aromatic carbocycles. The number of hydrogen-bond acceptors (Lipinski definition) is 4. The first-order valence-electron chi connectivity index (χ1n) is 6.66. The van der Waals surface area contributed by atoms with Gasteiger partial charge in [0, 0.05) is 30.5 Å². The number of nitrogens with two attached hydrogens (primary N) is 1. The van der Waals surface area contributed by atoms with Crippen LogP contribution in [0.2, 0.25) is 0 Å². The number of hydrogen-bond donors (Lipinski definition) is 1. The van der Waals surface area contributed by atoms with Gasteiger partial charge < -0.3 is 15.5 Å². The van der Waals surface area contributed by atoms with Gasteiger partial charge in [0.25, 0.3) is 0 Å². The molecule has 0 amide bonds. The smallest absolute Gasteiger partial charge is 0.0670 e. The minimum atomic E-state index is 0.360. The topological polar surface area (TPSA) is 56.3 Å². The quantitative estimate of drug-likeness (QED) is 0.796. The standard InChI is InChI=1S/C15H24N4/c1-5-19(12(2)11-18(3)4)14-6-7-15(17)13(10-14)8-9-16/h6-7,10,12H,5,8,11,17H2,1-4H3. The van der Waals surface area contributed by atoms with E-state index in [9.17, 15) is 0 Å². The van der Waals surface area contributed by atoms with Crippen LogP contribution in [0.25, 0.3) is 0 Å². The van der Waals surface area contributed by atoms with Crippen molar-refractivity contribution in [1.82, 2.24) is 4.90 Å². The molecule has 4 heteroatoms. The summed E-state index contributed by atoms with van der Waals surface area (Å²) < 4.78 is 0. The van der Waals surface area contributed by atoms with Crippen LogP contribution in [0, 0.1) is 11.3 Å². The van der Waals surface area contributed by atoms with Crippen LogP contribution in [-0.2, 0) is 6.42 Å². The van der Waals surface area contributed by atoms with Crippen LogP contribution in [0.3, 0.4) is 0 Å². The first kappa shape index (κ1) is 15.3. The van der Waals surface area contributed by atoms with E-state index in [1.54, 1.807) is 0 Å². The van der Waals surface area contributed by atoms with E-state index in [1.807, 2.05) is 18.2 Å². The predicted molar refractivity (Wildman–Crippen MR) is 81.2 cm³/mol. The lowest BCUT2D eigenvalue weighted by Gasteiger charge is -2.32. The summed E-state index contributed by atoms with van der Waals surface area (Å²) in [4.78, 5) is 4.52. The molecular formula is C15H24N4. The third kappa shape index (κ3) is 4.15. The molecule has 0 aliphatic heterocycles. The Balaban J connectivity index is 2.98. The van der Waals surface area contributed by atoms with Gasteiger partial charge in [-0.1, -0.05) is 0 Å². The Labute approximate surface area is 116 Å². The van der Waals surface area contributed by atoms with Crippen molar-refractivity contribution >= 4 is 11.4 Å². The fourth-order valence-electron chi connectivity index (χ4n) is 2.38. The van der Waals surface area contributed by atoms with Crippen LogP contribution in [0.1, 0.15) is 19.4 Å². The van der Waals surface area contributed by atoms with E-state index in [1.165, 1.54) is 0 Å². The third-order valence-electron chi connectivity index (χ3n) is 3.23. The molecule has 104 valence electrons. The second kappa shape index (κ2) is 7.01. The minimum absolute atomic E-state index is 0.360. The van der Waals surface area contributed by atoms with Gasteiger partial charge in [-0.15, -0.1) is 0 Å². The number of anilines is 2. The van der Waals surface area contributed by atoms with Crippen molar-refractivity contribution in [3.05, 3.63) is 23.8 Å². The Hall–Kier alpha value is -1.73. The summed E-state index contributed by atoms with van der Waals surface area (Å²) in [6.07, 6.45) is 0.360. The molecule has 0 spiro atoms. The van der Waals surface area contributed by atoms with E-state index in [0.717, 1.165) is 24.3 Å². The highest BCUT2D eigenvalue weighted by molar-refractivity contribution is 5.59. The lowest BCUT2D eigenvalue weighted by atomic mass is 10.1. The molecule has 0 fully saturated rings. The van der Waals surface area contributed by atoms with E-state index in [0.29, 0.717) is 18.2 Å². The Morgan fingerprint density at radius 2 is 2.05 bits per heavy atom. The molecule has 0 aliphatic rings. The molecule has 0 bridgehead atoms. The van der Waals surface area contributed by atoms with E-state index < -0.39 is 0 Å². The maximum Gasteiger partial charge on any atom is 0.0670 e. The molecule has 0 radical (unpaired) electrons. The Kier molecular flexibility index (Phi) is 5.65. The van der Waals surface area contributed by atoms with Gasteiger partial charge in [-0.2, -0.15) is 5.26 Å². The molecule has 0 saturated heterocycles. The zero-order valence-electron chi connectivity index (χ0n) is 12.3. The second-order valence-electron chi connectivity index (χ2n) is 5.12. The van der Waals surface area contributed by atoms with Crippen LogP contribution in [0.4, 0.5) is 11.4 Å². The van der Waals surface area contributed by atoms with Crippen LogP contribution >= 0.6 is 0 Å². The van der Waals surface area contributed by atoms with Crippen LogP contribution in [0.15, 0.2) is 18.2 Å². The molecule has 19 heavy (non-hydrogen) atoms. The normalized spacial score (nSPS) is 12.2. The molecule has 0 heterocycles. The van der Waals surface area contributed by atoms with Crippen molar-refractivity contribution in [3.8, 4) is 6.07 Å². The van der Waals surface area contributed by atoms with Gasteiger partial charge in [-0.05, 0) is 51.7 Å². The van der Waals surface area contributed by atoms with E-state index in [-0.39, 0.29) is 0 Å². The lowest BCUT2D eigenvalue weighted by molar-refractivity contribution is 0.373. The van der Waals surface area contributed by atoms with E-state index >= 15 is 0 Å². The Morgan fingerprint density at radius 3 is 2.58 bits per heavy atom. The fraction of sp³-hybridized carbons (Fsp3) is 0.533. The molecule has 1 atom stereocenters. The van der Waals surface area contributed by atoms with Gasteiger partial charge in [0.2, 0.25) is 0 Å². The molecular weight excluding hydrogens is 236 g/mol. The average molecular weight is 260 g/mol. The highest BCUT2D eigenvalue weighted by atomic mass is 15.2. The fourth-order valence-corrected chi connectivity index (χ4v) is 2.38. The monoisotopic (exact) mass is 260 g/mol. The molecule has 2 N–H and O–H groups in total. The summed E-state index contributed by atoms with van der Waals surface area (Å²) in [5.74, 6) is 0. The molecule has 0 saturated carbocycles. The second-order valence-corrected chi connectivity index (χ2v) is 5.12. The number of likely N-dealkylation sites (N-methyl/N-ethyl adjacent to an activating group) is 2. The zero-order valence-corrected chi connectivity index (χ0v) is 12.3. The first-order valence-corrected chi connectivity index (χ1v) is 6.66. The summed E-state index contributed by atoms with van der Waals surface area (Å²) >= 11 is 0. The zero-order chi connectivity index (χ0) is 14.4. The van der Waals surface area contributed by atoms with Crippen LogP contribution < -0.4 is 10.6 Å². The van der Waals surface area contributed by atoms with E-state index in [2.05, 4.69) is 43.8 Å². The lowest BCUT2D eigenvalue weighted by Crippen LogP contribution is -2.40. The molecule has 1 rings (SSSR count). The number of benzene rings is 1. The molecule has 0 aliphatic carbocycles. The number of nitrogen functional groups attached to an aromatic ring is 1. The highest BCUT2D eigenvalue weighted by Crippen LogP contribution is 2.23. The summed E-state index contributed by atoms with van der Waals surface area (Å²) in [7, 11) is 4.16. The summed E-state index contributed by atoms with van der Waals surface area (Å²) in [6, 6.07) is 8.54. The Bertz CT molecular complexity index is 448. The van der Waals surface area contributed by atoms with E-state index in [4.69, 9.17) is 11.0 Å². The van der Waals surface area contributed by atoms with Gasteiger partial charge in [-0.3, -0.25) is 0 Å². The van der Waals surface area contributed by atoms with Crippen molar-refractivity contribution in [3.63, 3.8) is 0 Å². The number of rotatable bonds is 6. The summed E-state index contributed by atoms with van der Waals surface area (Å²) in [6.45, 7) is 6.28. The number of nitriles is 1. The number of nitrogens with zero attached hydrogens (tertiary/aromatic N) is 3. The van der Waals surface area contributed by atoms with Crippen LogP contribution in [-0.4, -0.2) is 38.1 Å². The van der Waals surface area contributed by atoms with Gasteiger partial charge in [0.1, 0.15) is 0 Å². The molecule has 1 unspecified atom stereocenters. The van der Waals surface area contributed by atoms with Gasteiger partial charge >= 0.3 is 0 Å². The minimum Gasteiger partial charge on any atom is -0.398 e. The van der Waals surface area contributed by atoms with Gasteiger partial charge in [-0.25, -0.2) is 0 Å². The van der Waals surface area contributed by atoms with Crippen LogP contribution in [0.5, 0.6) is 0 Å². The molecule has 0 aromatic heterocycles. The van der Waals surface area contributed by atoms with Crippen molar-refractivity contribution in [1.29, 1.82) is 5.26 Å². The van der Waals surface area contributed by atoms with Crippen molar-refractivity contribution < 1.29 is 0 Å². The molecule has 4 nitrogen and oxygen atoms in total.